The summed E-state index contributed by atoms with van der Waals surface area (Å²) in [5, 5.41) is 2.81. The van der Waals surface area contributed by atoms with Crippen LogP contribution in [0, 0.1) is 20.8 Å². The number of aromatic amines is 1. The number of carbonyl (C=O) groups is 2. The lowest BCUT2D eigenvalue weighted by Crippen LogP contribution is -2.39. The minimum Gasteiger partial charge on any atom is -0.332 e. The Morgan fingerprint density at radius 3 is 2.39 bits per heavy atom. The SMILES string of the molecule is Cc1cccc(NC(=O)CN(C)C(=O)c2c(C)nc(C(C)(C)C)[nH]c2=O)c1C. The molecule has 0 bridgehead atoms. The maximum atomic E-state index is 12.7. The number of hydrogen-bond donors (Lipinski definition) is 2. The molecule has 2 amide bonds. The molecule has 0 aliphatic heterocycles. The molecule has 0 fully saturated rings. The molecule has 7 nitrogen and oxygen atoms in total. The van der Waals surface area contributed by atoms with Crippen molar-refractivity contribution in [3.8, 4) is 0 Å². The molecule has 0 atom stereocenters. The molecule has 0 saturated heterocycles. The lowest BCUT2D eigenvalue weighted by atomic mass is 9.95. The Morgan fingerprint density at radius 1 is 1.18 bits per heavy atom. The number of aromatic nitrogens is 2. The van der Waals surface area contributed by atoms with E-state index in [1.807, 2.05) is 52.8 Å². The molecule has 0 aliphatic rings. The third-order valence-electron chi connectivity index (χ3n) is 4.63. The fourth-order valence-electron chi connectivity index (χ4n) is 2.75. The van der Waals surface area contributed by atoms with Gasteiger partial charge in [0, 0.05) is 18.2 Å². The second kappa shape index (κ2) is 7.96. The van der Waals surface area contributed by atoms with Gasteiger partial charge in [0.2, 0.25) is 5.91 Å². The monoisotopic (exact) mass is 384 g/mol. The number of nitrogens with zero attached hydrogens (tertiary/aromatic N) is 2. The van der Waals surface area contributed by atoms with E-state index in [1.165, 1.54) is 11.9 Å². The Bertz CT molecular complexity index is 971. The lowest BCUT2D eigenvalue weighted by Gasteiger charge is -2.20. The summed E-state index contributed by atoms with van der Waals surface area (Å²) in [5.41, 5.74) is 2.20. The molecule has 0 aliphatic carbocycles. The summed E-state index contributed by atoms with van der Waals surface area (Å²) in [7, 11) is 1.49. The molecule has 1 heterocycles. The van der Waals surface area contributed by atoms with Crippen LogP contribution < -0.4 is 10.9 Å². The molecule has 0 radical (unpaired) electrons. The normalized spacial score (nSPS) is 11.2. The zero-order valence-corrected chi connectivity index (χ0v) is 17.6. The summed E-state index contributed by atoms with van der Waals surface area (Å²) in [6.07, 6.45) is 0. The molecular formula is C21H28N4O3. The van der Waals surface area contributed by atoms with Crippen LogP contribution in [0.25, 0.3) is 0 Å². The van der Waals surface area contributed by atoms with Crippen molar-refractivity contribution in [2.45, 2.75) is 47.0 Å². The third-order valence-corrected chi connectivity index (χ3v) is 4.63. The van der Waals surface area contributed by atoms with E-state index in [2.05, 4.69) is 15.3 Å². The lowest BCUT2D eigenvalue weighted by molar-refractivity contribution is -0.116. The van der Waals surface area contributed by atoms with Crippen LogP contribution in [0.4, 0.5) is 5.69 Å². The average Bonchev–Trinajstić information content (AvgIpc) is 2.57. The maximum Gasteiger partial charge on any atom is 0.264 e. The summed E-state index contributed by atoms with van der Waals surface area (Å²) in [6.45, 7) is 11.1. The molecule has 28 heavy (non-hydrogen) atoms. The van der Waals surface area contributed by atoms with Crippen LogP contribution in [0.1, 0.15) is 53.8 Å². The maximum absolute atomic E-state index is 12.7. The van der Waals surface area contributed by atoms with E-state index < -0.39 is 11.5 Å². The van der Waals surface area contributed by atoms with Crippen molar-refractivity contribution in [1.82, 2.24) is 14.9 Å². The van der Waals surface area contributed by atoms with E-state index in [1.54, 1.807) is 6.92 Å². The molecule has 0 saturated carbocycles. The van der Waals surface area contributed by atoms with Gasteiger partial charge >= 0.3 is 0 Å². The van der Waals surface area contributed by atoms with Gasteiger partial charge in [-0.05, 0) is 38.0 Å². The van der Waals surface area contributed by atoms with E-state index >= 15 is 0 Å². The van der Waals surface area contributed by atoms with Gasteiger partial charge in [-0.2, -0.15) is 0 Å². The fourth-order valence-corrected chi connectivity index (χ4v) is 2.75. The summed E-state index contributed by atoms with van der Waals surface area (Å²) in [5.74, 6) is -0.359. The summed E-state index contributed by atoms with van der Waals surface area (Å²) in [4.78, 5) is 45.9. The fraction of sp³-hybridized carbons (Fsp3) is 0.429. The van der Waals surface area contributed by atoms with Gasteiger partial charge in [0.05, 0.1) is 12.2 Å². The van der Waals surface area contributed by atoms with E-state index in [0.29, 0.717) is 17.2 Å². The molecule has 150 valence electrons. The summed E-state index contributed by atoms with van der Waals surface area (Å²) < 4.78 is 0. The van der Waals surface area contributed by atoms with Gasteiger partial charge in [-0.25, -0.2) is 4.98 Å². The number of carbonyl (C=O) groups excluding carboxylic acids is 2. The van der Waals surface area contributed by atoms with Gasteiger partial charge in [0.25, 0.3) is 11.5 Å². The van der Waals surface area contributed by atoms with Crippen LogP contribution in [0.2, 0.25) is 0 Å². The van der Waals surface area contributed by atoms with Crippen LogP contribution in [-0.4, -0.2) is 40.3 Å². The van der Waals surface area contributed by atoms with E-state index in [4.69, 9.17) is 0 Å². The van der Waals surface area contributed by atoms with Crippen LogP contribution in [0.15, 0.2) is 23.0 Å². The zero-order chi connectivity index (χ0) is 21.2. The molecule has 2 rings (SSSR count). The topological polar surface area (TPSA) is 95.2 Å². The number of benzene rings is 1. The van der Waals surface area contributed by atoms with Gasteiger partial charge in [-0.3, -0.25) is 14.4 Å². The number of aryl methyl sites for hydroxylation is 2. The average molecular weight is 384 g/mol. The molecule has 2 aromatic rings. The van der Waals surface area contributed by atoms with Crippen molar-refractivity contribution in [3.63, 3.8) is 0 Å². The van der Waals surface area contributed by atoms with E-state index in [-0.39, 0.29) is 23.4 Å². The van der Waals surface area contributed by atoms with Crippen molar-refractivity contribution < 1.29 is 9.59 Å². The second-order valence-corrected chi connectivity index (χ2v) is 8.08. The number of H-pyrrole nitrogens is 1. The molecule has 1 aromatic heterocycles. The Hall–Kier alpha value is -2.96. The van der Waals surface area contributed by atoms with Crippen LogP contribution in [0.3, 0.4) is 0 Å². The van der Waals surface area contributed by atoms with Crippen LogP contribution in [0.5, 0.6) is 0 Å². The minimum atomic E-state index is -0.539. The number of amides is 2. The molecule has 0 unspecified atom stereocenters. The van der Waals surface area contributed by atoms with Crippen LogP contribution >= 0.6 is 0 Å². The van der Waals surface area contributed by atoms with Crippen molar-refractivity contribution >= 4 is 17.5 Å². The molecular weight excluding hydrogens is 356 g/mol. The Labute approximate surface area is 165 Å². The first kappa shape index (κ1) is 21.3. The predicted molar refractivity (Wildman–Crippen MR) is 110 cm³/mol. The van der Waals surface area contributed by atoms with Crippen molar-refractivity contribution in [3.05, 3.63) is 56.8 Å². The molecule has 7 heteroatoms. The summed E-state index contributed by atoms with van der Waals surface area (Å²) >= 11 is 0. The van der Waals surface area contributed by atoms with Crippen molar-refractivity contribution in [2.24, 2.45) is 0 Å². The smallest absolute Gasteiger partial charge is 0.264 e. The zero-order valence-electron chi connectivity index (χ0n) is 17.6. The van der Waals surface area contributed by atoms with Crippen LogP contribution in [-0.2, 0) is 10.2 Å². The quantitative estimate of drug-likeness (QED) is 0.847. The highest BCUT2D eigenvalue weighted by atomic mass is 16.2. The summed E-state index contributed by atoms with van der Waals surface area (Å²) in [6, 6.07) is 5.63. The first-order valence-corrected chi connectivity index (χ1v) is 9.14. The third kappa shape index (κ3) is 4.65. The second-order valence-electron chi connectivity index (χ2n) is 8.08. The Kier molecular flexibility index (Phi) is 6.07. The van der Waals surface area contributed by atoms with E-state index in [0.717, 1.165) is 11.1 Å². The Morgan fingerprint density at radius 2 is 1.82 bits per heavy atom. The van der Waals surface area contributed by atoms with Crippen molar-refractivity contribution in [2.75, 3.05) is 18.9 Å². The van der Waals surface area contributed by atoms with Gasteiger partial charge < -0.3 is 15.2 Å². The Balaban J connectivity index is 2.18. The standard InChI is InChI=1S/C21H28N4O3/c1-12-9-8-10-15(13(12)2)23-16(26)11-25(7)19(28)17-14(3)22-20(21(4,5)6)24-18(17)27/h8-10H,11H2,1-7H3,(H,23,26)(H,22,24,27). The number of hydrogen-bond acceptors (Lipinski definition) is 4. The number of anilines is 1. The van der Waals surface area contributed by atoms with Gasteiger partial charge in [-0.15, -0.1) is 0 Å². The minimum absolute atomic E-state index is 0.0463. The van der Waals surface area contributed by atoms with Crippen molar-refractivity contribution in [1.29, 1.82) is 0 Å². The van der Waals surface area contributed by atoms with Gasteiger partial charge in [0.15, 0.2) is 0 Å². The van der Waals surface area contributed by atoms with Gasteiger partial charge in [0.1, 0.15) is 11.4 Å². The highest BCUT2D eigenvalue weighted by Crippen LogP contribution is 2.19. The number of rotatable bonds is 4. The first-order chi connectivity index (χ1) is 12.9. The molecule has 2 N–H and O–H groups in total. The van der Waals surface area contributed by atoms with E-state index in [9.17, 15) is 14.4 Å². The number of likely N-dealkylation sites (N-methyl/N-ethyl adjacent to an activating group) is 1. The molecule has 1 aromatic carbocycles. The highest BCUT2D eigenvalue weighted by molar-refractivity contribution is 5.99. The van der Waals surface area contributed by atoms with Gasteiger partial charge in [-0.1, -0.05) is 32.9 Å². The predicted octanol–water partition coefficient (Wildman–Crippen LogP) is 2.70. The largest absolute Gasteiger partial charge is 0.332 e. The molecule has 0 spiro atoms. The highest BCUT2D eigenvalue weighted by Gasteiger charge is 2.25. The first-order valence-electron chi connectivity index (χ1n) is 9.14. The number of nitrogens with one attached hydrogen (secondary N) is 2.